The first-order chi connectivity index (χ1) is 9.43. The molecule has 0 aliphatic carbocycles. The lowest BCUT2D eigenvalue weighted by Gasteiger charge is -2.38. The van der Waals surface area contributed by atoms with Crippen molar-refractivity contribution < 1.29 is 19.1 Å². The van der Waals surface area contributed by atoms with Gasteiger partial charge in [-0.15, -0.1) is 0 Å². The summed E-state index contributed by atoms with van der Waals surface area (Å²) in [5.74, 6) is -1.26. The monoisotopic (exact) mass is 279 g/mol. The lowest BCUT2D eigenvalue weighted by molar-refractivity contribution is -0.154. The zero-order valence-electron chi connectivity index (χ0n) is 11.4. The predicted octanol–water partition coefficient (Wildman–Crippen LogP) is 2.08. The minimum absolute atomic E-state index is 0.0326. The number of hydrogen-bond donors (Lipinski definition) is 1. The van der Waals surface area contributed by atoms with Crippen LogP contribution in [0.2, 0.25) is 0 Å². The maximum Gasteiger partial charge on any atom is 0.310 e. The predicted molar refractivity (Wildman–Crippen MR) is 71.7 cm³/mol. The lowest BCUT2D eigenvalue weighted by atomic mass is 9.74. The Hall–Kier alpha value is -1.91. The number of carboxylic acid groups (broad SMARTS) is 1. The number of rotatable bonds is 3. The highest BCUT2D eigenvalue weighted by atomic mass is 19.1. The van der Waals surface area contributed by atoms with E-state index in [-0.39, 0.29) is 11.7 Å². The van der Waals surface area contributed by atoms with Gasteiger partial charge in [-0.3, -0.25) is 9.59 Å². The molecule has 0 aromatic heterocycles. The summed E-state index contributed by atoms with van der Waals surface area (Å²) in [6, 6.07) is 6.05. The van der Waals surface area contributed by atoms with Gasteiger partial charge in [0, 0.05) is 20.0 Å². The summed E-state index contributed by atoms with van der Waals surface area (Å²) in [5, 5.41) is 9.55. The zero-order valence-corrected chi connectivity index (χ0v) is 11.4. The molecular formula is C15H18FNO3. The van der Waals surface area contributed by atoms with Crippen molar-refractivity contribution in [1.29, 1.82) is 0 Å². The Morgan fingerprint density at radius 1 is 1.35 bits per heavy atom. The van der Waals surface area contributed by atoms with Gasteiger partial charge in [0.2, 0.25) is 5.91 Å². The highest BCUT2D eigenvalue weighted by Crippen LogP contribution is 2.35. The van der Waals surface area contributed by atoms with E-state index in [2.05, 4.69) is 0 Å². The molecule has 0 saturated carbocycles. The third-order valence-corrected chi connectivity index (χ3v) is 4.05. The topological polar surface area (TPSA) is 57.6 Å². The Bertz CT molecular complexity index is 522. The minimum atomic E-state index is -0.903. The van der Waals surface area contributed by atoms with E-state index in [0.717, 1.165) is 0 Å². The maximum atomic E-state index is 13.2. The molecule has 108 valence electrons. The van der Waals surface area contributed by atoms with Crippen LogP contribution < -0.4 is 0 Å². The smallest absolute Gasteiger partial charge is 0.310 e. The van der Waals surface area contributed by atoms with Crippen LogP contribution in [-0.2, 0) is 16.0 Å². The van der Waals surface area contributed by atoms with Gasteiger partial charge in [0.15, 0.2) is 0 Å². The Kier molecular flexibility index (Phi) is 4.06. The normalized spacial score (nSPS) is 17.8. The summed E-state index contributed by atoms with van der Waals surface area (Å²) in [5.41, 5.74) is -0.219. The molecule has 1 saturated heterocycles. The number of carbonyl (C=O) groups excluding carboxylic acids is 1. The van der Waals surface area contributed by atoms with Gasteiger partial charge in [-0.05, 0) is 37.0 Å². The largest absolute Gasteiger partial charge is 0.481 e. The first-order valence-electron chi connectivity index (χ1n) is 6.66. The fraction of sp³-hybridized carbons (Fsp3) is 0.467. The molecule has 0 atom stereocenters. The summed E-state index contributed by atoms with van der Waals surface area (Å²) < 4.78 is 13.2. The number of carboxylic acids is 1. The number of nitrogens with zero attached hydrogens (tertiary/aromatic N) is 1. The highest BCUT2D eigenvalue weighted by Gasteiger charge is 2.42. The molecule has 1 amide bonds. The van der Waals surface area contributed by atoms with E-state index in [9.17, 15) is 19.1 Å². The van der Waals surface area contributed by atoms with Crippen molar-refractivity contribution >= 4 is 11.9 Å². The van der Waals surface area contributed by atoms with E-state index in [0.29, 0.717) is 37.9 Å². The fourth-order valence-corrected chi connectivity index (χ4v) is 2.75. The summed E-state index contributed by atoms with van der Waals surface area (Å²) >= 11 is 0. The molecule has 1 aliphatic heterocycles. The summed E-state index contributed by atoms with van der Waals surface area (Å²) in [6.45, 7) is 2.37. The SMILES string of the molecule is CC(=O)N1CCC(Cc2cccc(F)c2)(C(=O)O)CC1. The molecule has 0 spiro atoms. The van der Waals surface area contributed by atoms with Gasteiger partial charge in [0.1, 0.15) is 5.82 Å². The standard InChI is InChI=1S/C15H18FNO3/c1-11(18)17-7-5-15(6-8-17,14(19)20)10-12-3-2-4-13(16)9-12/h2-4,9H,5-8,10H2,1H3,(H,19,20). The van der Waals surface area contributed by atoms with Gasteiger partial charge in [-0.25, -0.2) is 4.39 Å². The van der Waals surface area contributed by atoms with Crippen LogP contribution in [0.4, 0.5) is 4.39 Å². The average Bonchev–Trinajstić information content (AvgIpc) is 2.39. The van der Waals surface area contributed by atoms with Gasteiger partial charge < -0.3 is 10.0 Å². The number of likely N-dealkylation sites (tertiary alicyclic amines) is 1. The Morgan fingerprint density at radius 2 is 2.00 bits per heavy atom. The molecule has 0 bridgehead atoms. The third kappa shape index (κ3) is 2.98. The number of amides is 1. The second-order valence-corrected chi connectivity index (χ2v) is 5.40. The van der Waals surface area contributed by atoms with Crippen molar-refractivity contribution in [1.82, 2.24) is 4.90 Å². The second kappa shape index (κ2) is 5.61. The van der Waals surface area contributed by atoms with Gasteiger partial charge in [-0.2, -0.15) is 0 Å². The first kappa shape index (κ1) is 14.5. The number of benzene rings is 1. The van der Waals surface area contributed by atoms with Crippen molar-refractivity contribution in [2.24, 2.45) is 5.41 Å². The number of aliphatic carboxylic acids is 1. The summed E-state index contributed by atoms with van der Waals surface area (Å²) in [7, 11) is 0. The van der Waals surface area contributed by atoms with Crippen LogP contribution in [0, 0.1) is 11.2 Å². The molecule has 1 N–H and O–H groups in total. The minimum Gasteiger partial charge on any atom is -0.481 e. The van der Waals surface area contributed by atoms with E-state index < -0.39 is 11.4 Å². The summed E-state index contributed by atoms with van der Waals surface area (Å²) in [6.07, 6.45) is 1.10. The number of carbonyl (C=O) groups is 2. The van der Waals surface area contributed by atoms with Crippen LogP contribution in [0.5, 0.6) is 0 Å². The van der Waals surface area contributed by atoms with Crippen LogP contribution in [0.3, 0.4) is 0 Å². The van der Waals surface area contributed by atoms with Crippen LogP contribution >= 0.6 is 0 Å². The Morgan fingerprint density at radius 3 is 2.50 bits per heavy atom. The van der Waals surface area contributed by atoms with Crippen LogP contribution in [0.15, 0.2) is 24.3 Å². The maximum absolute atomic E-state index is 13.2. The van der Waals surface area contributed by atoms with Gasteiger partial charge in [0.05, 0.1) is 5.41 Å². The average molecular weight is 279 g/mol. The highest BCUT2D eigenvalue weighted by molar-refractivity contribution is 5.77. The zero-order chi connectivity index (χ0) is 14.8. The molecule has 5 heteroatoms. The Labute approximate surface area is 117 Å². The van der Waals surface area contributed by atoms with Crippen molar-refractivity contribution in [3.63, 3.8) is 0 Å². The van der Waals surface area contributed by atoms with Gasteiger partial charge >= 0.3 is 5.97 Å². The van der Waals surface area contributed by atoms with Crippen molar-refractivity contribution in [3.05, 3.63) is 35.6 Å². The molecule has 1 heterocycles. The van der Waals surface area contributed by atoms with E-state index in [1.54, 1.807) is 17.0 Å². The second-order valence-electron chi connectivity index (χ2n) is 5.40. The lowest BCUT2D eigenvalue weighted by Crippen LogP contribution is -2.47. The molecule has 1 aromatic carbocycles. The van der Waals surface area contributed by atoms with E-state index in [1.165, 1.54) is 19.1 Å². The number of piperidine rings is 1. The number of hydrogen-bond acceptors (Lipinski definition) is 2. The molecule has 0 radical (unpaired) electrons. The molecule has 1 aromatic rings. The van der Waals surface area contributed by atoms with E-state index in [4.69, 9.17) is 0 Å². The van der Waals surface area contributed by atoms with E-state index in [1.807, 2.05) is 0 Å². The van der Waals surface area contributed by atoms with Crippen LogP contribution in [0.1, 0.15) is 25.3 Å². The molecule has 0 unspecified atom stereocenters. The van der Waals surface area contributed by atoms with Gasteiger partial charge in [-0.1, -0.05) is 12.1 Å². The third-order valence-electron chi connectivity index (χ3n) is 4.05. The van der Waals surface area contributed by atoms with E-state index >= 15 is 0 Å². The molecule has 20 heavy (non-hydrogen) atoms. The molecule has 1 fully saturated rings. The molecule has 4 nitrogen and oxygen atoms in total. The van der Waals surface area contributed by atoms with Crippen molar-refractivity contribution in [2.75, 3.05) is 13.1 Å². The fourth-order valence-electron chi connectivity index (χ4n) is 2.75. The van der Waals surface area contributed by atoms with Crippen LogP contribution in [-0.4, -0.2) is 35.0 Å². The quantitative estimate of drug-likeness (QED) is 0.921. The molecule has 2 rings (SSSR count). The molecular weight excluding hydrogens is 261 g/mol. The number of halogens is 1. The van der Waals surface area contributed by atoms with Crippen molar-refractivity contribution in [2.45, 2.75) is 26.2 Å². The first-order valence-corrected chi connectivity index (χ1v) is 6.66. The van der Waals surface area contributed by atoms with Gasteiger partial charge in [0.25, 0.3) is 0 Å². The Balaban J connectivity index is 2.16. The molecule has 1 aliphatic rings. The summed E-state index contributed by atoms with van der Waals surface area (Å²) in [4.78, 5) is 24.6. The van der Waals surface area contributed by atoms with Crippen molar-refractivity contribution in [3.8, 4) is 0 Å². The van der Waals surface area contributed by atoms with Crippen LogP contribution in [0.25, 0.3) is 0 Å².